The van der Waals surface area contributed by atoms with E-state index >= 15 is 0 Å². The van der Waals surface area contributed by atoms with Crippen LogP contribution in [0, 0.1) is 13.8 Å². The van der Waals surface area contributed by atoms with E-state index in [0.717, 1.165) is 23.3 Å². The first kappa shape index (κ1) is 23.9. The van der Waals surface area contributed by atoms with Gasteiger partial charge in [0.15, 0.2) is 0 Å². The number of aliphatic carboxylic acids is 1. The summed E-state index contributed by atoms with van der Waals surface area (Å²) < 4.78 is 49.7. The van der Waals surface area contributed by atoms with Gasteiger partial charge in [-0.15, -0.1) is 0 Å². The maximum atomic E-state index is 12.6. The standard InChI is InChI=1S/C26H23F3O4/c1-17-5-7-20(15-25(30)31)14-23(17)33-24-16-22(12-6-18(24)2)32-13-3-4-19-8-10-21(11-9-19)26(27,28)29/h3-12,14,16H,13,15H2,1-2H3,(H,30,31). The van der Waals surface area contributed by atoms with Crippen LogP contribution in [0.1, 0.15) is 27.8 Å². The second kappa shape index (κ2) is 10.3. The molecule has 0 saturated heterocycles. The van der Waals surface area contributed by atoms with Crippen LogP contribution in [0.3, 0.4) is 0 Å². The molecule has 172 valence electrons. The van der Waals surface area contributed by atoms with Crippen molar-refractivity contribution in [3.05, 3.63) is 94.6 Å². The van der Waals surface area contributed by atoms with Crippen molar-refractivity contribution in [2.75, 3.05) is 6.61 Å². The zero-order valence-electron chi connectivity index (χ0n) is 18.1. The van der Waals surface area contributed by atoms with Crippen LogP contribution in [0.4, 0.5) is 13.2 Å². The number of carbonyl (C=O) groups is 1. The van der Waals surface area contributed by atoms with Gasteiger partial charge in [0.2, 0.25) is 0 Å². The summed E-state index contributed by atoms with van der Waals surface area (Å²) in [6, 6.07) is 15.5. The first-order valence-corrected chi connectivity index (χ1v) is 10.2. The lowest BCUT2D eigenvalue weighted by atomic mass is 10.1. The molecule has 0 aliphatic carbocycles. The minimum Gasteiger partial charge on any atom is -0.489 e. The van der Waals surface area contributed by atoms with Gasteiger partial charge in [-0.05, 0) is 66.4 Å². The van der Waals surface area contributed by atoms with Gasteiger partial charge in [-0.25, -0.2) is 0 Å². The quantitative estimate of drug-likeness (QED) is 0.404. The summed E-state index contributed by atoms with van der Waals surface area (Å²) in [4.78, 5) is 11.0. The monoisotopic (exact) mass is 456 g/mol. The van der Waals surface area contributed by atoms with Gasteiger partial charge in [-0.1, -0.05) is 36.4 Å². The highest BCUT2D eigenvalue weighted by atomic mass is 19.4. The Balaban J connectivity index is 1.65. The number of hydrogen-bond acceptors (Lipinski definition) is 3. The van der Waals surface area contributed by atoms with Gasteiger partial charge in [0.25, 0.3) is 0 Å². The topological polar surface area (TPSA) is 55.8 Å². The molecular weight excluding hydrogens is 433 g/mol. The Morgan fingerprint density at radius 3 is 2.21 bits per heavy atom. The number of rotatable bonds is 8. The van der Waals surface area contributed by atoms with Crippen LogP contribution in [0.15, 0.2) is 66.7 Å². The molecule has 0 aliphatic rings. The summed E-state index contributed by atoms with van der Waals surface area (Å²) in [7, 11) is 0. The molecular formula is C26H23F3O4. The molecule has 0 heterocycles. The van der Waals surface area contributed by atoms with Crippen molar-refractivity contribution < 1.29 is 32.5 Å². The first-order valence-electron chi connectivity index (χ1n) is 10.2. The van der Waals surface area contributed by atoms with Crippen LogP contribution in [0.2, 0.25) is 0 Å². The van der Waals surface area contributed by atoms with Crippen LogP contribution >= 0.6 is 0 Å². The number of carboxylic acids is 1. The Kier molecular flexibility index (Phi) is 7.43. The van der Waals surface area contributed by atoms with E-state index in [1.807, 2.05) is 26.0 Å². The number of carboxylic acid groups (broad SMARTS) is 1. The molecule has 3 rings (SSSR count). The molecule has 0 fully saturated rings. The molecule has 0 unspecified atom stereocenters. The number of ether oxygens (including phenoxy) is 2. The summed E-state index contributed by atoms with van der Waals surface area (Å²) in [5.41, 5.74) is 2.34. The van der Waals surface area contributed by atoms with Gasteiger partial charge in [0, 0.05) is 6.07 Å². The van der Waals surface area contributed by atoms with E-state index in [1.165, 1.54) is 12.1 Å². The van der Waals surface area contributed by atoms with Crippen LogP contribution in [0.25, 0.3) is 6.08 Å². The minimum atomic E-state index is -4.35. The van der Waals surface area contributed by atoms with Crippen molar-refractivity contribution in [2.24, 2.45) is 0 Å². The third-order valence-corrected chi connectivity index (χ3v) is 4.88. The number of benzene rings is 3. The highest BCUT2D eigenvalue weighted by Crippen LogP contribution is 2.32. The SMILES string of the molecule is Cc1ccc(CC(=O)O)cc1Oc1cc(OCC=Cc2ccc(C(F)(F)F)cc2)ccc1C. The van der Waals surface area contributed by atoms with E-state index in [0.29, 0.717) is 28.4 Å². The van der Waals surface area contributed by atoms with Crippen molar-refractivity contribution in [1.29, 1.82) is 0 Å². The molecule has 1 N–H and O–H groups in total. The zero-order valence-corrected chi connectivity index (χ0v) is 18.1. The average molecular weight is 456 g/mol. The molecule has 0 aromatic heterocycles. The molecule has 0 saturated carbocycles. The average Bonchev–Trinajstić information content (AvgIpc) is 2.75. The smallest absolute Gasteiger partial charge is 0.416 e. The minimum absolute atomic E-state index is 0.0932. The first-order chi connectivity index (χ1) is 15.6. The van der Waals surface area contributed by atoms with Gasteiger partial charge in [0.1, 0.15) is 23.9 Å². The maximum Gasteiger partial charge on any atom is 0.416 e. The van der Waals surface area contributed by atoms with Crippen LogP contribution < -0.4 is 9.47 Å². The third kappa shape index (κ3) is 6.87. The Morgan fingerprint density at radius 1 is 0.939 bits per heavy atom. The van der Waals surface area contributed by atoms with Crippen LogP contribution in [-0.4, -0.2) is 17.7 Å². The van der Waals surface area contributed by atoms with Crippen molar-refractivity contribution in [3.63, 3.8) is 0 Å². The summed E-state index contributed by atoms with van der Waals surface area (Å²) in [5, 5.41) is 9.01. The van der Waals surface area contributed by atoms with Gasteiger partial charge < -0.3 is 14.6 Å². The predicted molar refractivity (Wildman–Crippen MR) is 120 cm³/mol. The summed E-state index contributed by atoms with van der Waals surface area (Å²) in [6.07, 6.45) is -1.05. The predicted octanol–water partition coefficient (Wildman–Crippen LogP) is 6.83. The van der Waals surface area contributed by atoms with Crippen LogP contribution in [0.5, 0.6) is 17.2 Å². The van der Waals surface area contributed by atoms with Gasteiger partial charge in [0.05, 0.1) is 12.0 Å². The fraction of sp³-hybridized carbons (Fsp3) is 0.192. The molecule has 4 nitrogen and oxygen atoms in total. The molecule has 0 atom stereocenters. The lowest BCUT2D eigenvalue weighted by molar-refractivity contribution is -0.138. The van der Waals surface area contributed by atoms with Gasteiger partial charge in [-0.3, -0.25) is 4.79 Å². The van der Waals surface area contributed by atoms with E-state index in [2.05, 4.69) is 0 Å². The fourth-order valence-electron chi connectivity index (χ4n) is 3.05. The largest absolute Gasteiger partial charge is 0.489 e. The third-order valence-electron chi connectivity index (χ3n) is 4.88. The van der Waals surface area contributed by atoms with Crippen molar-refractivity contribution in [3.8, 4) is 17.2 Å². The van der Waals surface area contributed by atoms with E-state index in [1.54, 1.807) is 36.4 Å². The highest BCUT2D eigenvalue weighted by Gasteiger charge is 2.29. The van der Waals surface area contributed by atoms with Crippen LogP contribution in [-0.2, 0) is 17.4 Å². The molecule has 3 aromatic carbocycles. The lowest BCUT2D eigenvalue weighted by Crippen LogP contribution is -2.04. The Bertz CT molecular complexity index is 1150. The molecule has 0 aliphatic heterocycles. The molecule has 0 amide bonds. The maximum absolute atomic E-state index is 12.6. The molecule has 7 heteroatoms. The Hall–Kier alpha value is -3.74. The van der Waals surface area contributed by atoms with E-state index in [4.69, 9.17) is 14.6 Å². The summed E-state index contributed by atoms with van der Waals surface area (Å²) in [5.74, 6) is 0.790. The van der Waals surface area contributed by atoms with Crippen molar-refractivity contribution in [2.45, 2.75) is 26.4 Å². The fourth-order valence-corrected chi connectivity index (χ4v) is 3.05. The number of halogens is 3. The molecule has 0 radical (unpaired) electrons. The zero-order chi connectivity index (χ0) is 24.0. The van der Waals surface area contributed by atoms with Crippen molar-refractivity contribution in [1.82, 2.24) is 0 Å². The van der Waals surface area contributed by atoms with Gasteiger partial charge >= 0.3 is 12.1 Å². The Labute approximate surface area is 189 Å². The Morgan fingerprint density at radius 2 is 1.58 bits per heavy atom. The number of alkyl halides is 3. The molecule has 3 aromatic rings. The molecule has 0 spiro atoms. The number of hydrogen-bond donors (Lipinski definition) is 1. The second-order valence-electron chi connectivity index (χ2n) is 7.53. The normalized spacial score (nSPS) is 11.5. The summed E-state index contributed by atoms with van der Waals surface area (Å²) in [6.45, 7) is 3.98. The van der Waals surface area contributed by atoms with E-state index < -0.39 is 17.7 Å². The van der Waals surface area contributed by atoms with E-state index in [-0.39, 0.29) is 13.0 Å². The highest BCUT2D eigenvalue weighted by molar-refractivity contribution is 5.70. The number of aryl methyl sites for hydroxylation is 2. The summed E-state index contributed by atoms with van der Waals surface area (Å²) >= 11 is 0. The van der Waals surface area contributed by atoms with E-state index in [9.17, 15) is 18.0 Å². The molecule has 0 bridgehead atoms. The lowest BCUT2D eigenvalue weighted by Gasteiger charge is -2.14. The van der Waals surface area contributed by atoms with Gasteiger partial charge in [-0.2, -0.15) is 13.2 Å². The van der Waals surface area contributed by atoms with Crippen molar-refractivity contribution >= 4 is 12.0 Å². The second-order valence-corrected chi connectivity index (χ2v) is 7.53. The molecule has 33 heavy (non-hydrogen) atoms.